The van der Waals surface area contributed by atoms with Crippen LogP contribution in [-0.2, 0) is 0 Å². The molecule has 0 saturated carbocycles. The Morgan fingerprint density at radius 1 is 1.15 bits per heavy atom. The van der Waals surface area contributed by atoms with Gasteiger partial charge in [0.05, 0.1) is 11.3 Å². The van der Waals surface area contributed by atoms with Crippen molar-refractivity contribution in [1.29, 1.82) is 0 Å². The minimum absolute atomic E-state index is 0.210. The van der Waals surface area contributed by atoms with Crippen molar-refractivity contribution in [1.82, 2.24) is 9.97 Å². The van der Waals surface area contributed by atoms with Gasteiger partial charge in [-0.25, -0.2) is 23.1 Å². The lowest BCUT2D eigenvalue weighted by Gasteiger charge is -2.20. The summed E-state index contributed by atoms with van der Waals surface area (Å²) in [7, 11) is 0. The number of hydrogen-bond acceptors (Lipinski definition) is 5. The number of rotatable bonds is 1. The Bertz CT molecular complexity index is 701. The SMILES string of the molecule is Cc1nc(N)c2c(F)c(F)c(N3CCSC3)c(F)c2n1. The summed E-state index contributed by atoms with van der Waals surface area (Å²) in [6.45, 7) is 1.98. The number of nitrogen functional groups attached to an aromatic ring is 1. The van der Waals surface area contributed by atoms with Crippen LogP contribution in [0.25, 0.3) is 10.9 Å². The molecule has 1 aromatic carbocycles. The number of aromatic nitrogens is 2. The van der Waals surface area contributed by atoms with Crippen LogP contribution in [0.2, 0.25) is 0 Å². The Balaban J connectivity index is 2.37. The number of fused-ring (bicyclic) bond motifs is 1. The molecular weight excluding hydrogens is 289 g/mol. The van der Waals surface area contributed by atoms with E-state index in [1.807, 2.05) is 0 Å². The molecule has 0 unspecified atom stereocenters. The van der Waals surface area contributed by atoms with E-state index < -0.39 is 22.8 Å². The Kier molecular flexibility index (Phi) is 3.12. The second-order valence-electron chi connectivity index (χ2n) is 4.47. The summed E-state index contributed by atoms with van der Waals surface area (Å²) in [5.74, 6) is -2.23. The quantitative estimate of drug-likeness (QED) is 0.820. The summed E-state index contributed by atoms with van der Waals surface area (Å²) in [5.41, 5.74) is 4.90. The zero-order valence-corrected chi connectivity index (χ0v) is 11.4. The first-order valence-corrected chi connectivity index (χ1v) is 7.09. The summed E-state index contributed by atoms with van der Waals surface area (Å²) in [5, 5.41) is -0.402. The summed E-state index contributed by atoms with van der Waals surface area (Å²) < 4.78 is 42.8. The number of hydrogen-bond donors (Lipinski definition) is 1. The first-order chi connectivity index (χ1) is 9.50. The molecule has 2 N–H and O–H groups in total. The van der Waals surface area contributed by atoms with Gasteiger partial charge in [-0.1, -0.05) is 0 Å². The molecule has 1 fully saturated rings. The van der Waals surface area contributed by atoms with Gasteiger partial charge in [-0.15, -0.1) is 11.8 Å². The molecule has 0 spiro atoms. The number of halogens is 3. The molecule has 0 atom stereocenters. The lowest BCUT2D eigenvalue weighted by molar-refractivity contribution is 0.504. The fourth-order valence-electron chi connectivity index (χ4n) is 2.26. The van der Waals surface area contributed by atoms with Crippen molar-refractivity contribution in [3.63, 3.8) is 0 Å². The van der Waals surface area contributed by atoms with Crippen molar-refractivity contribution < 1.29 is 13.2 Å². The van der Waals surface area contributed by atoms with Gasteiger partial charge in [-0.05, 0) is 6.92 Å². The number of nitrogens with zero attached hydrogens (tertiary/aromatic N) is 3. The molecule has 3 rings (SSSR count). The smallest absolute Gasteiger partial charge is 0.186 e. The third-order valence-electron chi connectivity index (χ3n) is 3.15. The number of nitrogens with two attached hydrogens (primary N) is 1. The maximum Gasteiger partial charge on any atom is 0.186 e. The Morgan fingerprint density at radius 3 is 2.55 bits per heavy atom. The van der Waals surface area contributed by atoms with E-state index >= 15 is 0 Å². The van der Waals surface area contributed by atoms with E-state index in [9.17, 15) is 13.2 Å². The molecule has 2 aromatic rings. The first-order valence-electron chi connectivity index (χ1n) is 5.93. The molecule has 1 aromatic heterocycles. The van der Waals surface area contributed by atoms with Crippen LogP contribution in [0.3, 0.4) is 0 Å². The van der Waals surface area contributed by atoms with E-state index in [0.29, 0.717) is 12.4 Å². The predicted molar refractivity (Wildman–Crippen MR) is 73.2 cm³/mol. The first kappa shape index (κ1) is 13.3. The Labute approximate surface area is 117 Å². The number of benzene rings is 1. The molecule has 20 heavy (non-hydrogen) atoms. The van der Waals surface area contributed by atoms with Gasteiger partial charge in [0.15, 0.2) is 17.5 Å². The monoisotopic (exact) mass is 300 g/mol. The highest BCUT2D eigenvalue weighted by Gasteiger charge is 2.28. The zero-order valence-electron chi connectivity index (χ0n) is 10.6. The van der Waals surface area contributed by atoms with Crippen molar-refractivity contribution in [2.24, 2.45) is 0 Å². The van der Waals surface area contributed by atoms with E-state index in [-0.39, 0.29) is 22.8 Å². The normalized spacial score (nSPS) is 15.3. The van der Waals surface area contributed by atoms with Gasteiger partial charge in [0.2, 0.25) is 0 Å². The fourth-order valence-corrected chi connectivity index (χ4v) is 3.22. The molecule has 0 bridgehead atoms. The van der Waals surface area contributed by atoms with Gasteiger partial charge >= 0.3 is 0 Å². The molecule has 0 amide bonds. The highest BCUT2D eigenvalue weighted by molar-refractivity contribution is 7.99. The molecular formula is C12H11F3N4S. The predicted octanol–water partition coefficient (Wildman–Crippen LogP) is 2.45. The van der Waals surface area contributed by atoms with Crippen molar-refractivity contribution >= 4 is 34.2 Å². The van der Waals surface area contributed by atoms with Crippen molar-refractivity contribution in [3.8, 4) is 0 Å². The summed E-state index contributed by atoms with van der Waals surface area (Å²) >= 11 is 1.52. The van der Waals surface area contributed by atoms with E-state index in [4.69, 9.17) is 5.73 Å². The topological polar surface area (TPSA) is 55.0 Å². The second-order valence-corrected chi connectivity index (χ2v) is 5.55. The van der Waals surface area contributed by atoms with Gasteiger partial charge in [0.1, 0.15) is 22.8 Å². The average Bonchev–Trinajstić information content (AvgIpc) is 2.89. The van der Waals surface area contributed by atoms with E-state index in [1.54, 1.807) is 0 Å². The molecule has 2 heterocycles. The fraction of sp³-hybridized carbons (Fsp3) is 0.333. The lowest BCUT2D eigenvalue weighted by Crippen LogP contribution is -2.22. The second kappa shape index (κ2) is 4.69. The van der Waals surface area contributed by atoms with Crippen LogP contribution in [0.4, 0.5) is 24.7 Å². The molecule has 1 aliphatic rings. The Hall–Kier alpha value is -1.70. The van der Waals surface area contributed by atoms with Crippen molar-refractivity contribution in [2.45, 2.75) is 6.92 Å². The minimum atomic E-state index is -1.24. The van der Waals surface area contributed by atoms with Crippen LogP contribution in [0, 0.1) is 24.4 Å². The van der Waals surface area contributed by atoms with Crippen molar-refractivity contribution in [3.05, 3.63) is 23.3 Å². The molecule has 8 heteroatoms. The maximum atomic E-state index is 14.5. The summed E-state index contributed by atoms with van der Waals surface area (Å²) in [4.78, 5) is 9.08. The van der Waals surface area contributed by atoms with Gasteiger partial charge in [0, 0.05) is 12.3 Å². The number of aryl methyl sites for hydroxylation is 1. The van der Waals surface area contributed by atoms with Gasteiger partial charge < -0.3 is 10.6 Å². The molecule has 1 saturated heterocycles. The minimum Gasteiger partial charge on any atom is -0.383 e. The molecule has 0 aliphatic carbocycles. The van der Waals surface area contributed by atoms with Gasteiger partial charge in [-0.2, -0.15) is 0 Å². The molecule has 0 radical (unpaired) electrons. The average molecular weight is 300 g/mol. The largest absolute Gasteiger partial charge is 0.383 e. The maximum absolute atomic E-state index is 14.5. The molecule has 1 aliphatic heterocycles. The van der Waals surface area contributed by atoms with Gasteiger partial charge in [0.25, 0.3) is 0 Å². The third-order valence-corrected chi connectivity index (χ3v) is 4.12. The van der Waals surface area contributed by atoms with E-state index in [2.05, 4.69) is 9.97 Å². The van der Waals surface area contributed by atoms with Crippen LogP contribution in [0.5, 0.6) is 0 Å². The zero-order chi connectivity index (χ0) is 14.4. The number of thioether (sulfide) groups is 1. The summed E-state index contributed by atoms with van der Waals surface area (Å²) in [6.07, 6.45) is 0. The van der Waals surface area contributed by atoms with Crippen LogP contribution in [-0.4, -0.2) is 28.1 Å². The lowest BCUT2D eigenvalue weighted by atomic mass is 10.1. The van der Waals surface area contributed by atoms with Crippen LogP contribution < -0.4 is 10.6 Å². The standard InChI is InChI=1S/C12H11F3N4S/c1-5-17-10-6(12(16)18-5)7(13)8(14)11(9(10)15)19-2-3-20-4-19/h2-4H2,1H3,(H2,16,17,18). The molecule has 4 nitrogen and oxygen atoms in total. The number of anilines is 2. The third kappa shape index (κ3) is 1.86. The van der Waals surface area contributed by atoms with E-state index in [1.165, 1.54) is 23.6 Å². The van der Waals surface area contributed by atoms with Gasteiger partial charge in [-0.3, -0.25) is 0 Å². The highest BCUT2D eigenvalue weighted by atomic mass is 32.2. The van der Waals surface area contributed by atoms with Crippen LogP contribution in [0.1, 0.15) is 5.82 Å². The Morgan fingerprint density at radius 2 is 1.90 bits per heavy atom. The molecule has 106 valence electrons. The van der Waals surface area contributed by atoms with Crippen LogP contribution in [0.15, 0.2) is 0 Å². The van der Waals surface area contributed by atoms with Crippen LogP contribution >= 0.6 is 11.8 Å². The van der Waals surface area contributed by atoms with Crippen molar-refractivity contribution in [2.75, 3.05) is 28.8 Å². The highest BCUT2D eigenvalue weighted by Crippen LogP contribution is 2.36. The summed E-state index contributed by atoms with van der Waals surface area (Å²) in [6, 6.07) is 0. The van der Waals surface area contributed by atoms with E-state index in [0.717, 1.165) is 5.75 Å².